The summed E-state index contributed by atoms with van der Waals surface area (Å²) in [6.45, 7) is 3.82. The van der Waals surface area contributed by atoms with E-state index in [9.17, 15) is 4.79 Å². The van der Waals surface area contributed by atoms with Gasteiger partial charge in [0.15, 0.2) is 0 Å². The van der Waals surface area contributed by atoms with Crippen LogP contribution in [0.15, 0.2) is 49.1 Å². The van der Waals surface area contributed by atoms with Gasteiger partial charge in [0, 0.05) is 30.4 Å². The van der Waals surface area contributed by atoms with Crippen LogP contribution in [0.3, 0.4) is 0 Å². The first-order chi connectivity index (χ1) is 14.0. The van der Waals surface area contributed by atoms with Gasteiger partial charge >= 0.3 is 0 Å². The Hall–Kier alpha value is -3.52. The molecule has 4 heterocycles. The van der Waals surface area contributed by atoms with E-state index in [0.29, 0.717) is 11.3 Å². The Kier molecular flexibility index (Phi) is 3.95. The van der Waals surface area contributed by atoms with Crippen molar-refractivity contribution in [3.8, 4) is 10.4 Å². The molecule has 0 aliphatic carbocycles. The number of carbonyl (C=O) groups excluding carboxylic acids is 1. The van der Waals surface area contributed by atoms with Crippen molar-refractivity contribution in [2.45, 2.75) is 13.8 Å². The predicted octanol–water partition coefficient (Wildman–Crippen LogP) is 4.21. The molecule has 0 bridgehead atoms. The zero-order chi connectivity index (χ0) is 20.1. The number of hydrogen-bond acceptors (Lipinski definition) is 5. The third kappa shape index (κ3) is 2.89. The molecule has 0 unspecified atom stereocenters. The number of rotatable bonds is 3. The molecular weight excluding hydrogens is 384 g/mol. The monoisotopic (exact) mass is 402 g/mol. The predicted molar refractivity (Wildman–Crippen MR) is 114 cm³/mol. The van der Waals surface area contributed by atoms with E-state index in [1.165, 1.54) is 0 Å². The lowest BCUT2D eigenvalue weighted by Crippen LogP contribution is -2.12. The van der Waals surface area contributed by atoms with Gasteiger partial charge in [0.05, 0.1) is 39.7 Å². The first kappa shape index (κ1) is 17.6. The molecular formula is C21H18N6OS. The minimum atomic E-state index is -0.191. The van der Waals surface area contributed by atoms with Gasteiger partial charge in [-0.2, -0.15) is 10.2 Å². The number of hydrogen-bond donors (Lipinski definition) is 1. The second-order valence-electron chi connectivity index (χ2n) is 7.01. The van der Waals surface area contributed by atoms with Gasteiger partial charge in [-0.15, -0.1) is 11.3 Å². The molecule has 1 aromatic carbocycles. The number of amides is 1. The lowest BCUT2D eigenvalue weighted by molar-refractivity contribution is 0.102. The van der Waals surface area contributed by atoms with Gasteiger partial charge < -0.3 is 5.32 Å². The number of anilines is 1. The van der Waals surface area contributed by atoms with Gasteiger partial charge in [-0.3, -0.25) is 14.5 Å². The molecule has 0 radical (unpaired) electrons. The smallest absolute Gasteiger partial charge is 0.260 e. The number of aromatic nitrogens is 5. The molecule has 144 valence electrons. The van der Waals surface area contributed by atoms with E-state index >= 15 is 0 Å². The fourth-order valence-electron chi connectivity index (χ4n) is 3.41. The maximum atomic E-state index is 12.9. The van der Waals surface area contributed by atoms with E-state index in [0.717, 1.165) is 37.4 Å². The van der Waals surface area contributed by atoms with E-state index in [-0.39, 0.29) is 5.91 Å². The first-order valence-electron chi connectivity index (χ1n) is 9.14. The molecule has 0 spiro atoms. The van der Waals surface area contributed by atoms with Crippen molar-refractivity contribution < 1.29 is 4.79 Å². The first-order valence-corrected chi connectivity index (χ1v) is 9.96. The van der Waals surface area contributed by atoms with Crippen molar-refractivity contribution in [1.82, 2.24) is 24.4 Å². The molecule has 0 saturated carbocycles. The summed E-state index contributed by atoms with van der Waals surface area (Å²) in [4.78, 5) is 19.1. The summed E-state index contributed by atoms with van der Waals surface area (Å²) in [5, 5.41) is 12.8. The number of nitrogens with zero attached hydrogens (tertiary/aromatic N) is 5. The van der Waals surface area contributed by atoms with Crippen LogP contribution in [0.2, 0.25) is 0 Å². The lowest BCUT2D eigenvalue weighted by Gasteiger charge is -2.07. The number of carbonyl (C=O) groups is 1. The van der Waals surface area contributed by atoms with E-state index < -0.39 is 0 Å². The highest BCUT2D eigenvalue weighted by molar-refractivity contribution is 7.21. The number of pyridine rings is 1. The van der Waals surface area contributed by atoms with Crippen LogP contribution in [0.1, 0.15) is 21.6 Å². The molecule has 5 aromatic rings. The summed E-state index contributed by atoms with van der Waals surface area (Å²) >= 11 is 1.54. The largest absolute Gasteiger partial charge is 0.320 e. The van der Waals surface area contributed by atoms with Crippen LogP contribution in [-0.2, 0) is 7.05 Å². The highest BCUT2D eigenvalue weighted by Crippen LogP contribution is 2.35. The highest BCUT2D eigenvalue weighted by atomic mass is 32.1. The average molecular weight is 402 g/mol. The molecule has 0 aliphatic rings. The number of benzene rings is 1. The average Bonchev–Trinajstić information content (AvgIpc) is 3.39. The summed E-state index contributed by atoms with van der Waals surface area (Å²) < 4.78 is 3.61. The fourth-order valence-corrected chi connectivity index (χ4v) is 4.51. The molecule has 29 heavy (non-hydrogen) atoms. The highest BCUT2D eigenvalue weighted by Gasteiger charge is 2.18. The Morgan fingerprint density at radius 2 is 2.00 bits per heavy atom. The van der Waals surface area contributed by atoms with Crippen LogP contribution in [0.5, 0.6) is 0 Å². The summed E-state index contributed by atoms with van der Waals surface area (Å²) in [5.74, 6) is -0.191. The quantitative estimate of drug-likeness (QED) is 0.490. The Labute approximate surface area is 170 Å². The van der Waals surface area contributed by atoms with Gasteiger partial charge in [-0.1, -0.05) is 12.1 Å². The molecule has 0 saturated heterocycles. The van der Waals surface area contributed by atoms with E-state index in [1.54, 1.807) is 28.2 Å². The van der Waals surface area contributed by atoms with Crippen molar-refractivity contribution in [3.05, 3.63) is 65.9 Å². The Morgan fingerprint density at radius 3 is 2.86 bits per heavy atom. The molecule has 4 aromatic heterocycles. The van der Waals surface area contributed by atoms with Crippen LogP contribution < -0.4 is 5.32 Å². The van der Waals surface area contributed by atoms with Gasteiger partial charge in [0.1, 0.15) is 4.83 Å². The topological polar surface area (TPSA) is 77.1 Å². The van der Waals surface area contributed by atoms with E-state index in [2.05, 4.69) is 26.6 Å². The maximum Gasteiger partial charge on any atom is 0.260 e. The van der Waals surface area contributed by atoms with Crippen molar-refractivity contribution in [1.29, 1.82) is 0 Å². The SMILES string of the molecule is Cc1cnc(C)c(NC(=O)c2cnn3cc(-c4cccc5c4cnn5C)sc23)c1. The van der Waals surface area contributed by atoms with E-state index in [1.807, 2.05) is 56.2 Å². The van der Waals surface area contributed by atoms with Gasteiger partial charge in [0.2, 0.25) is 0 Å². The van der Waals surface area contributed by atoms with Crippen molar-refractivity contribution >= 4 is 38.7 Å². The molecule has 0 fully saturated rings. The van der Waals surface area contributed by atoms with Gasteiger partial charge in [-0.05, 0) is 31.5 Å². The Bertz CT molecular complexity index is 1390. The number of aryl methyl sites for hydroxylation is 3. The van der Waals surface area contributed by atoms with E-state index in [4.69, 9.17) is 0 Å². The zero-order valence-corrected chi connectivity index (χ0v) is 17.0. The van der Waals surface area contributed by atoms with Crippen LogP contribution in [0, 0.1) is 13.8 Å². The molecule has 5 rings (SSSR count). The Balaban J connectivity index is 1.54. The van der Waals surface area contributed by atoms with Crippen LogP contribution >= 0.6 is 11.3 Å². The number of thiazole rings is 1. The minimum Gasteiger partial charge on any atom is -0.320 e. The van der Waals surface area contributed by atoms with Crippen molar-refractivity contribution in [2.75, 3.05) is 5.32 Å². The summed E-state index contributed by atoms with van der Waals surface area (Å²) in [7, 11) is 1.93. The standard InChI is InChI=1S/C21H18N6OS/c1-12-7-17(13(2)22-8-12)25-20(28)16-10-24-27-11-19(29-21(16)27)14-5-4-6-18-15(14)9-23-26(18)3/h4-11H,1-3H3,(H,25,28). The maximum absolute atomic E-state index is 12.9. The zero-order valence-electron chi connectivity index (χ0n) is 16.2. The van der Waals surface area contributed by atoms with Crippen LogP contribution in [0.4, 0.5) is 5.69 Å². The normalized spacial score (nSPS) is 11.4. The Morgan fingerprint density at radius 1 is 1.14 bits per heavy atom. The van der Waals surface area contributed by atoms with Crippen molar-refractivity contribution in [3.63, 3.8) is 0 Å². The summed E-state index contributed by atoms with van der Waals surface area (Å²) in [5.41, 5.74) is 5.17. The molecule has 1 amide bonds. The molecule has 8 heteroatoms. The van der Waals surface area contributed by atoms with Crippen LogP contribution in [-0.4, -0.2) is 30.3 Å². The molecule has 0 atom stereocenters. The number of nitrogens with one attached hydrogen (secondary N) is 1. The van der Waals surface area contributed by atoms with Crippen LogP contribution in [0.25, 0.3) is 26.2 Å². The molecule has 7 nitrogen and oxygen atoms in total. The molecule has 0 aliphatic heterocycles. The summed E-state index contributed by atoms with van der Waals surface area (Å²) in [6, 6.07) is 8.05. The van der Waals surface area contributed by atoms with Gasteiger partial charge in [-0.25, -0.2) is 4.52 Å². The third-order valence-electron chi connectivity index (χ3n) is 4.97. The summed E-state index contributed by atoms with van der Waals surface area (Å²) in [6.07, 6.45) is 7.22. The second kappa shape index (κ2) is 6.52. The third-order valence-corrected chi connectivity index (χ3v) is 6.12. The fraction of sp³-hybridized carbons (Fsp3) is 0.143. The number of fused-ring (bicyclic) bond motifs is 2. The second-order valence-corrected chi connectivity index (χ2v) is 8.04. The van der Waals surface area contributed by atoms with Crippen molar-refractivity contribution in [2.24, 2.45) is 7.05 Å². The van der Waals surface area contributed by atoms with Gasteiger partial charge in [0.25, 0.3) is 5.91 Å². The minimum absolute atomic E-state index is 0.191. The lowest BCUT2D eigenvalue weighted by atomic mass is 10.1. The molecule has 1 N–H and O–H groups in total.